The highest BCUT2D eigenvalue weighted by molar-refractivity contribution is 7.91. The molecule has 0 radical (unpaired) electrons. The molecule has 0 spiro atoms. The monoisotopic (exact) mass is 561 g/mol. The predicted octanol–water partition coefficient (Wildman–Crippen LogP) is 1.81. The molecular formula is C24H24FN5O6S2. The lowest BCUT2D eigenvalue weighted by atomic mass is 10.1. The number of ether oxygens (including phenoxy) is 1. The van der Waals surface area contributed by atoms with Gasteiger partial charge in [0.25, 0.3) is 15.6 Å². The Balaban J connectivity index is 1.68. The number of aryl methyl sites for hydroxylation is 1. The fourth-order valence-electron chi connectivity index (χ4n) is 4.11. The molecule has 1 fully saturated rings. The number of hydrogen-bond donors (Lipinski definition) is 1. The van der Waals surface area contributed by atoms with E-state index in [0.717, 1.165) is 29.1 Å². The van der Waals surface area contributed by atoms with E-state index >= 15 is 0 Å². The Kier molecular flexibility index (Phi) is 6.36. The Morgan fingerprint density at radius 1 is 1.18 bits per heavy atom. The highest BCUT2D eigenvalue weighted by Gasteiger charge is 2.41. The third kappa shape index (κ3) is 4.81. The van der Waals surface area contributed by atoms with Crippen LogP contribution in [0, 0.1) is 5.82 Å². The number of carbonyl (C=O) groups is 1. The summed E-state index contributed by atoms with van der Waals surface area (Å²) in [6, 6.07) is 5.02. The summed E-state index contributed by atoms with van der Waals surface area (Å²) in [5.74, 6) is -1.67. The maximum atomic E-state index is 14.2. The number of aromatic nitrogens is 4. The van der Waals surface area contributed by atoms with E-state index in [1.54, 1.807) is 20.2 Å². The van der Waals surface area contributed by atoms with Gasteiger partial charge in [-0.2, -0.15) is 5.10 Å². The van der Waals surface area contributed by atoms with Gasteiger partial charge >= 0.3 is 11.7 Å². The maximum Gasteiger partial charge on any atom is 0.340 e. The second-order valence-corrected chi connectivity index (χ2v) is 12.5. The average molecular weight is 562 g/mol. The van der Waals surface area contributed by atoms with Crippen molar-refractivity contribution in [1.82, 2.24) is 23.6 Å². The van der Waals surface area contributed by atoms with Crippen LogP contribution in [0.2, 0.25) is 0 Å². The second kappa shape index (κ2) is 9.29. The first kappa shape index (κ1) is 26.0. The maximum absolute atomic E-state index is 14.2. The minimum Gasteiger partial charge on any atom is -0.465 e. The van der Waals surface area contributed by atoms with Crippen LogP contribution in [-0.4, -0.2) is 46.0 Å². The molecule has 200 valence electrons. The van der Waals surface area contributed by atoms with E-state index in [1.165, 1.54) is 33.6 Å². The molecule has 1 saturated carbocycles. The number of fused-ring (bicyclic) bond motifs is 1. The number of thiophene rings is 1. The number of rotatable bonds is 8. The number of sulfonamides is 1. The van der Waals surface area contributed by atoms with Gasteiger partial charge in [-0.15, -0.1) is 11.3 Å². The number of methoxy groups -OCH3 is 1. The molecule has 1 aliphatic carbocycles. The molecule has 1 aromatic carbocycles. The van der Waals surface area contributed by atoms with Crippen LogP contribution < -0.4 is 16.0 Å². The molecule has 14 heteroatoms. The second-order valence-electron chi connectivity index (χ2n) is 9.54. The van der Waals surface area contributed by atoms with Gasteiger partial charge in [-0.3, -0.25) is 18.6 Å². The normalized spacial score (nSPS) is 14.6. The van der Waals surface area contributed by atoms with E-state index in [4.69, 9.17) is 0 Å². The Bertz CT molecular complexity index is 1810. The number of benzene rings is 1. The van der Waals surface area contributed by atoms with Crippen LogP contribution in [-0.2, 0) is 34.9 Å². The summed E-state index contributed by atoms with van der Waals surface area (Å²) in [7, 11) is -1.13. The molecule has 0 saturated heterocycles. The summed E-state index contributed by atoms with van der Waals surface area (Å²) in [5, 5.41) is 4.12. The van der Waals surface area contributed by atoms with Gasteiger partial charge in [-0.25, -0.2) is 27.1 Å². The standard InChI is InChI=1S/C24H24FN5O6S2/c1-24(6-7-24)27-38(34,35)19-9-17-20(31)29(13-15-10-26-28(2)11-15)23(33)30(21(17)37-19)12-14-4-5-18(25)16(8-14)22(32)36-3/h4-5,8-11,27H,6-7,12-13H2,1-3H3. The molecule has 38 heavy (non-hydrogen) atoms. The molecule has 0 aliphatic heterocycles. The molecule has 4 aromatic rings. The van der Waals surface area contributed by atoms with E-state index < -0.39 is 38.6 Å². The molecule has 11 nitrogen and oxygen atoms in total. The topological polar surface area (TPSA) is 134 Å². The van der Waals surface area contributed by atoms with Crippen molar-refractivity contribution in [3.8, 4) is 0 Å². The van der Waals surface area contributed by atoms with Crippen molar-refractivity contribution < 1.29 is 22.3 Å². The molecule has 1 aliphatic rings. The van der Waals surface area contributed by atoms with Gasteiger partial charge in [-0.1, -0.05) is 6.07 Å². The molecule has 0 atom stereocenters. The van der Waals surface area contributed by atoms with Crippen LogP contribution in [0.5, 0.6) is 0 Å². The zero-order valence-electron chi connectivity index (χ0n) is 20.7. The summed E-state index contributed by atoms with van der Waals surface area (Å²) in [4.78, 5) is 39.2. The zero-order valence-corrected chi connectivity index (χ0v) is 22.4. The van der Waals surface area contributed by atoms with E-state index in [9.17, 15) is 27.2 Å². The van der Waals surface area contributed by atoms with Gasteiger partial charge in [0.05, 0.1) is 37.3 Å². The highest BCUT2D eigenvalue weighted by atomic mass is 32.2. The molecular weight excluding hydrogens is 537 g/mol. The fraction of sp³-hybridized carbons (Fsp3) is 0.333. The van der Waals surface area contributed by atoms with E-state index in [2.05, 4.69) is 14.6 Å². The minimum atomic E-state index is -3.95. The number of nitrogens with one attached hydrogen (secondary N) is 1. The van der Waals surface area contributed by atoms with Crippen molar-refractivity contribution in [2.45, 2.75) is 42.6 Å². The first-order valence-electron chi connectivity index (χ1n) is 11.6. The number of hydrogen-bond acceptors (Lipinski definition) is 8. The van der Waals surface area contributed by atoms with Crippen molar-refractivity contribution in [2.24, 2.45) is 7.05 Å². The highest BCUT2D eigenvalue weighted by Crippen LogP contribution is 2.37. The number of nitrogens with zero attached hydrogens (tertiary/aromatic N) is 4. The van der Waals surface area contributed by atoms with E-state index in [-0.39, 0.29) is 33.1 Å². The first-order chi connectivity index (χ1) is 17.9. The summed E-state index contributed by atoms with van der Waals surface area (Å²) in [6.45, 7) is 1.55. The minimum absolute atomic E-state index is 0.0510. The summed E-state index contributed by atoms with van der Waals surface area (Å²) >= 11 is 0.801. The fourth-order valence-corrected chi connectivity index (χ4v) is 7.01. The van der Waals surface area contributed by atoms with Gasteiger partial charge in [0.15, 0.2) is 0 Å². The van der Waals surface area contributed by atoms with Crippen LogP contribution >= 0.6 is 11.3 Å². The van der Waals surface area contributed by atoms with Crippen molar-refractivity contribution in [3.63, 3.8) is 0 Å². The summed E-state index contributed by atoms with van der Waals surface area (Å²) < 4.78 is 51.4. The SMILES string of the molecule is COC(=O)c1cc(Cn2c(=O)n(Cc3cnn(C)c3)c(=O)c3cc(S(=O)(=O)NC4(C)CC4)sc32)ccc1F. The predicted molar refractivity (Wildman–Crippen MR) is 137 cm³/mol. The lowest BCUT2D eigenvalue weighted by molar-refractivity contribution is 0.0595. The third-order valence-electron chi connectivity index (χ3n) is 6.39. The van der Waals surface area contributed by atoms with E-state index in [1.807, 2.05) is 0 Å². The van der Waals surface area contributed by atoms with Crippen LogP contribution in [0.15, 0.2) is 50.5 Å². The molecule has 3 aromatic heterocycles. The first-order valence-corrected chi connectivity index (χ1v) is 13.9. The number of esters is 1. The third-order valence-corrected chi connectivity index (χ3v) is 9.66. The summed E-state index contributed by atoms with van der Waals surface area (Å²) in [5.41, 5.74) is -1.21. The Morgan fingerprint density at radius 3 is 2.53 bits per heavy atom. The molecule has 0 amide bonds. The Morgan fingerprint density at radius 2 is 1.89 bits per heavy atom. The number of carbonyl (C=O) groups excluding carboxylic acids is 1. The largest absolute Gasteiger partial charge is 0.465 e. The van der Waals surface area contributed by atoms with Crippen molar-refractivity contribution in [3.05, 3.63) is 80.0 Å². The zero-order chi connectivity index (χ0) is 27.4. The lowest BCUT2D eigenvalue weighted by Gasteiger charge is -2.12. The lowest BCUT2D eigenvalue weighted by Crippen LogP contribution is -2.40. The van der Waals surface area contributed by atoms with Gasteiger partial charge in [0.2, 0.25) is 0 Å². The molecule has 0 bridgehead atoms. The van der Waals surface area contributed by atoms with Crippen LogP contribution in [0.1, 0.15) is 41.3 Å². The Hall–Kier alpha value is -3.62. The number of halogens is 1. The Labute approximate surface area is 220 Å². The molecule has 3 heterocycles. The van der Waals surface area contributed by atoms with Gasteiger partial charge in [0, 0.05) is 24.3 Å². The quantitative estimate of drug-likeness (QED) is 0.324. The smallest absolute Gasteiger partial charge is 0.340 e. The van der Waals surface area contributed by atoms with Crippen molar-refractivity contribution in [2.75, 3.05) is 7.11 Å². The van der Waals surface area contributed by atoms with Gasteiger partial charge < -0.3 is 4.74 Å². The summed E-state index contributed by atoms with van der Waals surface area (Å²) in [6.07, 6.45) is 4.58. The van der Waals surface area contributed by atoms with Crippen LogP contribution in [0.4, 0.5) is 4.39 Å². The van der Waals surface area contributed by atoms with E-state index in [0.29, 0.717) is 24.0 Å². The average Bonchev–Trinajstić information content (AvgIpc) is 3.23. The van der Waals surface area contributed by atoms with Gasteiger partial charge in [0.1, 0.15) is 14.9 Å². The molecule has 0 unspecified atom stereocenters. The van der Waals surface area contributed by atoms with Crippen LogP contribution in [0.25, 0.3) is 10.2 Å². The molecule has 1 N–H and O–H groups in total. The van der Waals surface area contributed by atoms with Crippen LogP contribution in [0.3, 0.4) is 0 Å². The van der Waals surface area contributed by atoms with Crippen molar-refractivity contribution >= 4 is 37.5 Å². The van der Waals surface area contributed by atoms with Gasteiger partial charge in [-0.05, 0) is 43.5 Å². The van der Waals surface area contributed by atoms with Crippen molar-refractivity contribution in [1.29, 1.82) is 0 Å². The molecule has 5 rings (SSSR count).